The number of hydrogen-bond acceptors (Lipinski definition) is 8. The van der Waals surface area contributed by atoms with E-state index in [1.165, 1.54) is 11.5 Å². The summed E-state index contributed by atoms with van der Waals surface area (Å²) in [5.41, 5.74) is 0.969. The minimum absolute atomic E-state index is 0.0834. The normalized spacial score (nSPS) is 21.0. The number of rotatable bonds is 5. The van der Waals surface area contributed by atoms with Crippen molar-refractivity contribution in [3.8, 4) is 5.75 Å². The highest BCUT2D eigenvalue weighted by Gasteiger charge is 2.28. The van der Waals surface area contributed by atoms with Crippen LogP contribution in [-0.4, -0.2) is 53.8 Å². The van der Waals surface area contributed by atoms with E-state index in [0.717, 1.165) is 23.0 Å². The fourth-order valence-electron chi connectivity index (χ4n) is 2.31. The maximum atomic E-state index is 6.05. The van der Waals surface area contributed by atoms with Gasteiger partial charge < -0.3 is 19.7 Å². The summed E-state index contributed by atoms with van der Waals surface area (Å²) in [6.07, 6.45) is 2.52. The number of nitrogens with zero attached hydrogens (tertiary/aromatic N) is 4. The minimum atomic E-state index is -0.0834. The largest absolute Gasteiger partial charge is 0.484 e. The zero-order valence-electron chi connectivity index (χ0n) is 13.5. The molecule has 0 saturated carbocycles. The molecule has 1 N–H and O–H groups in total. The molecule has 124 valence electrons. The fourth-order valence-corrected chi connectivity index (χ4v) is 3.01. The molecule has 1 aliphatic heterocycles. The molecule has 2 atom stereocenters. The Kier molecular flexibility index (Phi) is 4.92. The topological polar surface area (TPSA) is 72.4 Å². The second-order valence-corrected chi connectivity index (χ2v) is 6.45. The van der Waals surface area contributed by atoms with E-state index in [-0.39, 0.29) is 12.1 Å². The predicted octanol–water partition coefficient (Wildman–Crippen LogP) is 1.96. The van der Waals surface area contributed by atoms with Crippen LogP contribution in [0.25, 0.3) is 0 Å². The molecular formula is C15H21N5O2S. The molecule has 8 heteroatoms. The molecule has 0 radical (unpaired) electrons. The van der Waals surface area contributed by atoms with E-state index in [0.29, 0.717) is 19.2 Å². The lowest BCUT2D eigenvalue weighted by molar-refractivity contribution is -0.000696. The van der Waals surface area contributed by atoms with Gasteiger partial charge >= 0.3 is 0 Å². The zero-order valence-corrected chi connectivity index (χ0v) is 14.3. The minimum Gasteiger partial charge on any atom is -0.484 e. The smallest absolute Gasteiger partial charge is 0.238 e. The predicted molar refractivity (Wildman–Crippen MR) is 90.5 cm³/mol. The van der Waals surface area contributed by atoms with Crippen molar-refractivity contribution in [1.82, 2.24) is 14.3 Å². The second kappa shape index (κ2) is 7.10. The number of ether oxygens (including phenoxy) is 2. The monoisotopic (exact) mass is 335 g/mol. The highest BCUT2D eigenvalue weighted by Crippen LogP contribution is 2.23. The van der Waals surface area contributed by atoms with Crippen LogP contribution < -0.4 is 15.0 Å². The highest BCUT2D eigenvalue weighted by atomic mass is 32.1. The molecular weight excluding hydrogens is 314 g/mol. The number of hydrogen-bond donors (Lipinski definition) is 1. The van der Waals surface area contributed by atoms with E-state index in [9.17, 15) is 0 Å². The Balaban J connectivity index is 1.66. The number of pyridine rings is 1. The summed E-state index contributed by atoms with van der Waals surface area (Å²) in [7, 11) is 3.85. The lowest BCUT2D eigenvalue weighted by atomic mass is 10.1. The van der Waals surface area contributed by atoms with E-state index >= 15 is 0 Å². The Morgan fingerprint density at radius 2 is 2.26 bits per heavy atom. The zero-order chi connectivity index (χ0) is 16.2. The van der Waals surface area contributed by atoms with Crippen LogP contribution in [0, 0.1) is 6.92 Å². The van der Waals surface area contributed by atoms with E-state index in [4.69, 9.17) is 9.47 Å². The summed E-state index contributed by atoms with van der Waals surface area (Å²) in [4.78, 5) is 10.6. The Hall–Kier alpha value is -1.93. The van der Waals surface area contributed by atoms with Crippen molar-refractivity contribution in [1.29, 1.82) is 0 Å². The van der Waals surface area contributed by atoms with Crippen LogP contribution in [0.15, 0.2) is 18.3 Å². The molecule has 0 amide bonds. The molecule has 3 rings (SSSR count). The van der Waals surface area contributed by atoms with Gasteiger partial charge in [-0.15, -0.1) is 0 Å². The molecule has 1 saturated heterocycles. The molecule has 3 heterocycles. The first kappa shape index (κ1) is 15.9. The molecule has 7 nitrogen and oxygen atoms in total. The maximum absolute atomic E-state index is 6.05. The summed E-state index contributed by atoms with van der Waals surface area (Å²) in [6.45, 7) is 3.21. The lowest BCUT2D eigenvalue weighted by Crippen LogP contribution is -2.45. The molecule has 1 fully saturated rings. The van der Waals surface area contributed by atoms with Crippen molar-refractivity contribution in [2.24, 2.45) is 0 Å². The summed E-state index contributed by atoms with van der Waals surface area (Å²) in [6, 6.07) is 4.01. The molecule has 0 aromatic carbocycles. The fraction of sp³-hybridized carbons (Fsp3) is 0.533. The molecule has 2 aromatic heterocycles. The van der Waals surface area contributed by atoms with Gasteiger partial charge in [0.05, 0.1) is 18.8 Å². The van der Waals surface area contributed by atoms with Gasteiger partial charge in [-0.1, -0.05) is 0 Å². The van der Waals surface area contributed by atoms with Crippen LogP contribution in [0.2, 0.25) is 0 Å². The third-order valence-corrected chi connectivity index (χ3v) is 4.24. The van der Waals surface area contributed by atoms with Gasteiger partial charge in [0.1, 0.15) is 11.9 Å². The summed E-state index contributed by atoms with van der Waals surface area (Å²) < 4.78 is 15.9. The third kappa shape index (κ3) is 4.08. The van der Waals surface area contributed by atoms with Crippen molar-refractivity contribution in [2.75, 3.05) is 37.5 Å². The van der Waals surface area contributed by atoms with Crippen LogP contribution in [-0.2, 0) is 4.74 Å². The van der Waals surface area contributed by atoms with Crippen molar-refractivity contribution in [3.05, 3.63) is 24.0 Å². The Morgan fingerprint density at radius 3 is 2.96 bits per heavy atom. The first-order valence-electron chi connectivity index (χ1n) is 7.56. The number of aromatic nitrogens is 3. The second-order valence-electron chi connectivity index (χ2n) is 5.70. The van der Waals surface area contributed by atoms with Gasteiger partial charge in [-0.05, 0) is 25.5 Å². The number of nitrogens with one attached hydrogen (secondary N) is 1. The Bertz CT molecular complexity index is 631. The average Bonchev–Trinajstić information content (AvgIpc) is 3.00. The van der Waals surface area contributed by atoms with Crippen LogP contribution in [0.4, 0.5) is 11.1 Å². The van der Waals surface area contributed by atoms with Crippen LogP contribution in [0.5, 0.6) is 5.75 Å². The number of aryl methyl sites for hydroxylation is 1. The van der Waals surface area contributed by atoms with E-state index in [1.54, 1.807) is 6.20 Å². The van der Waals surface area contributed by atoms with Crippen LogP contribution in [0.3, 0.4) is 0 Å². The van der Waals surface area contributed by atoms with Gasteiger partial charge in [0.25, 0.3) is 0 Å². The summed E-state index contributed by atoms with van der Waals surface area (Å²) in [5, 5.41) is 4.23. The summed E-state index contributed by atoms with van der Waals surface area (Å²) >= 11 is 1.36. The Morgan fingerprint density at radius 1 is 1.39 bits per heavy atom. The van der Waals surface area contributed by atoms with Crippen molar-refractivity contribution < 1.29 is 9.47 Å². The van der Waals surface area contributed by atoms with E-state index < -0.39 is 0 Å². The molecule has 0 unspecified atom stereocenters. The van der Waals surface area contributed by atoms with Gasteiger partial charge in [0, 0.05) is 37.9 Å². The van der Waals surface area contributed by atoms with Crippen LogP contribution >= 0.6 is 11.5 Å². The van der Waals surface area contributed by atoms with Gasteiger partial charge in [-0.25, -0.2) is 0 Å². The molecule has 1 aliphatic rings. The molecule has 0 bridgehead atoms. The van der Waals surface area contributed by atoms with Gasteiger partial charge in [0.2, 0.25) is 11.1 Å². The molecule has 23 heavy (non-hydrogen) atoms. The standard InChI is InChI=1S/C15H21N5O2S/c1-10-4-5-11(8-16-10)22-13-9-21-7-6-12(13)17-15-18-14(19-23-15)20(2)3/h4-5,8,12-13H,6-7,9H2,1-3H3,(H,17,18,19)/t12-,13+/m1/s1. The summed E-state index contributed by atoms with van der Waals surface area (Å²) in [5.74, 6) is 1.47. The SMILES string of the molecule is Cc1ccc(O[C@H]2COCC[C@H]2Nc2nc(N(C)C)ns2)cn1. The van der Waals surface area contributed by atoms with Crippen molar-refractivity contribution >= 4 is 22.6 Å². The molecule has 2 aromatic rings. The maximum Gasteiger partial charge on any atom is 0.238 e. The van der Waals surface area contributed by atoms with Gasteiger partial charge in [-0.2, -0.15) is 9.36 Å². The lowest BCUT2D eigenvalue weighted by Gasteiger charge is -2.32. The quantitative estimate of drug-likeness (QED) is 0.895. The van der Waals surface area contributed by atoms with Crippen molar-refractivity contribution in [2.45, 2.75) is 25.5 Å². The first-order valence-corrected chi connectivity index (χ1v) is 8.34. The van der Waals surface area contributed by atoms with Crippen LogP contribution in [0.1, 0.15) is 12.1 Å². The number of anilines is 2. The molecule has 0 spiro atoms. The molecule has 0 aliphatic carbocycles. The van der Waals surface area contributed by atoms with E-state index in [1.807, 2.05) is 38.1 Å². The first-order chi connectivity index (χ1) is 11.1. The van der Waals surface area contributed by atoms with Gasteiger partial charge in [-0.3, -0.25) is 4.98 Å². The van der Waals surface area contributed by atoms with Crippen molar-refractivity contribution in [3.63, 3.8) is 0 Å². The average molecular weight is 335 g/mol. The Labute approximate surface area is 139 Å². The van der Waals surface area contributed by atoms with Gasteiger partial charge in [0.15, 0.2) is 0 Å². The third-order valence-electron chi connectivity index (χ3n) is 3.60. The van der Waals surface area contributed by atoms with E-state index in [2.05, 4.69) is 19.7 Å². The highest BCUT2D eigenvalue weighted by molar-refractivity contribution is 7.09.